The lowest BCUT2D eigenvalue weighted by Crippen LogP contribution is -2.11. The molecule has 0 bridgehead atoms. The molecule has 1 rings (SSSR count). The summed E-state index contributed by atoms with van der Waals surface area (Å²) in [6.45, 7) is 23.7. The Morgan fingerprint density at radius 2 is 1.96 bits per heavy atom. The highest BCUT2D eigenvalue weighted by molar-refractivity contribution is 6.10. The lowest BCUT2D eigenvalue weighted by Gasteiger charge is -2.12. The van der Waals surface area contributed by atoms with Gasteiger partial charge in [-0.1, -0.05) is 26.7 Å². The molecule has 0 saturated carbocycles. The molecule has 0 heterocycles. The van der Waals surface area contributed by atoms with Gasteiger partial charge in [0.05, 0.1) is 11.4 Å². The maximum absolute atomic E-state index is 4.95. The first-order chi connectivity index (χ1) is 12.7. The second-order valence-corrected chi connectivity index (χ2v) is 7.06. The van der Waals surface area contributed by atoms with Gasteiger partial charge in [-0.2, -0.15) is 0 Å². The Morgan fingerprint density at radius 1 is 1.30 bits per heavy atom. The second kappa shape index (κ2) is 10.6. The van der Waals surface area contributed by atoms with Crippen molar-refractivity contribution in [2.45, 2.75) is 47.5 Å². The summed E-state index contributed by atoms with van der Waals surface area (Å²) in [4.78, 5) is 7.07. The van der Waals surface area contributed by atoms with Crippen molar-refractivity contribution < 1.29 is 0 Å². The average Bonchev–Trinajstić information content (AvgIpc) is 2.69. The Balaban J connectivity index is 3.45. The van der Waals surface area contributed by atoms with Crippen LogP contribution in [0.3, 0.4) is 0 Å². The van der Waals surface area contributed by atoms with Gasteiger partial charge in [-0.05, 0) is 80.8 Å². The van der Waals surface area contributed by atoms with Crippen LogP contribution in [-0.4, -0.2) is 24.2 Å². The summed E-state index contributed by atoms with van der Waals surface area (Å²) in [5.74, 6) is 0. The Labute approximate surface area is 166 Å². The van der Waals surface area contributed by atoms with E-state index in [9.17, 15) is 0 Å². The van der Waals surface area contributed by atoms with Crippen molar-refractivity contribution >= 4 is 5.71 Å². The van der Waals surface area contributed by atoms with Gasteiger partial charge in [0.25, 0.3) is 0 Å². The van der Waals surface area contributed by atoms with E-state index in [1.54, 1.807) is 0 Å². The highest BCUT2D eigenvalue weighted by Gasteiger charge is 2.16. The summed E-state index contributed by atoms with van der Waals surface area (Å²) < 4.78 is 0. The van der Waals surface area contributed by atoms with E-state index in [0.29, 0.717) is 0 Å². The highest BCUT2D eigenvalue weighted by atomic mass is 15.1. The monoisotopic (exact) mass is 365 g/mol. The van der Waals surface area contributed by atoms with Crippen LogP contribution in [0.1, 0.15) is 47.5 Å². The van der Waals surface area contributed by atoms with Crippen molar-refractivity contribution in [3.8, 4) is 0 Å². The molecule has 0 amide bonds. The number of aliphatic imine (C=N–C) groups is 1. The quantitative estimate of drug-likeness (QED) is 0.531. The first-order valence-corrected chi connectivity index (χ1v) is 9.54. The Morgan fingerprint density at radius 3 is 2.48 bits per heavy atom. The van der Waals surface area contributed by atoms with Gasteiger partial charge >= 0.3 is 0 Å². The van der Waals surface area contributed by atoms with Crippen LogP contribution in [0.25, 0.3) is 0 Å². The highest BCUT2D eigenvalue weighted by Crippen LogP contribution is 2.28. The predicted molar refractivity (Wildman–Crippen MR) is 121 cm³/mol. The molecule has 1 aliphatic rings. The molecule has 0 unspecified atom stereocenters. The third-order valence-electron chi connectivity index (χ3n) is 4.48. The maximum atomic E-state index is 4.95. The third kappa shape index (κ3) is 6.93. The number of hydrogen-bond donors (Lipinski definition) is 1. The van der Waals surface area contributed by atoms with Crippen LogP contribution >= 0.6 is 0 Å². The fourth-order valence-electron chi connectivity index (χ4n) is 2.86. The molecule has 0 atom stereocenters. The van der Waals surface area contributed by atoms with Crippen molar-refractivity contribution in [3.63, 3.8) is 0 Å². The second-order valence-electron chi connectivity index (χ2n) is 7.06. The number of hydrogen-bond acceptors (Lipinski definition) is 3. The molecule has 0 spiro atoms. The standard InChI is InChI=1S/C24H35N3/c1-10-22-19(7)15-21(25-18(5)6)16-24(20(22)8)26-23(17(3)4)13-12-14-27(9)11-2/h12-14,16,25H,3,5,7,10-11,15H2,1-2,4,6,8-9H3/b14-12+,23-13+,26-24-. The lowest BCUT2D eigenvalue weighted by molar-refractivity contribution is 0.484. The first kappa shape index (κ1) is 22.5. The van der Waals surface area contributed by atoms with Gasteiger partial charge in [0.2, 0.25) is 0 Å². The van der Waals surface area contributed by atoms with E-state index in [4.69, 9.17) is 4.99 Å². The van der Waals surface area contributed by atoms with E-state index in [0.717, 1.165) is 53.3 Å². The van der Waals surface area contributed by atoms with Crippen LogP contribution in [0, 0.1) is 0 Å². The summed E-state index contributed by atoms with van der Waals surface area (Å²) in [6, 6.07) is 0. The van der Waals surface area contributed by atoms with E-state index in [-0.39, 0.29) is 0 Å². The van der Waals surface area contributed by atoms with Crippen molar-refractivity contribution in [1.29, 1.82) is 0 Å². The molecule has 0 aromatic rings. The van der Waals surface area contributed by atoms with Gasteiger partial charge in [0, 0.05) is 31.4 Å². The number of nitrogens with zero attached hydrogens (tertiary/aromatic N) is 2. The minimum absolute atomic E-state index is 0.777. The fourth-order valence-corrected chi connectivity index (χ4v) is 2.86. The van der Waals surface area contributed by atoms with Crippen LogP contribution in [0.15, 0.2) is 88.5 Å². The molecule has 146 valence electrons. The van der Waals surface area contributed by atoms with E-state index < -0.39 is 0 Å². The first-order valence-electron chi connectivity index (χ1n) is 9.54. The molecule has 1 N–H and O–H groups in total. The predicted octanol–water partition coefficient (Wildman–Crippen LogP) is 6.05. The largest absolute Gasteiger partial charge is 0.381 e. The summed E-state index contributed by atoms with van der Waals surface area (Å²) in [7, 11) is 2.05. The van der Waals surface area contributed by atoms with E-state index in [1.807, 2.05) is 39.2 Å². The van der Waals surface area contributed by atoms with Crippen molar-refractivity contribution in [2.24, 2.45) is 4.99 Å². The fraction of sp³-hybridized carbons (Fsp3) is 0.375. The zero-order chi connectivity index (χ0) is 20.6. The van der Waals surface area contributed by atoms with Crippen molar-refractivity contribution in [3.05, 3.63) is 83.5 Å². The van der Waals surface area contributed by atoms with Crippen LogP contribution in [0.4, 0.5) is 0 Å². The summed E-state index contributed by atoms with van der Waals surface area (Å²) in [6.07, 6.45) is 9.90. The van der Waals surface area contributed by atoms with Gasteiger partial charge in [0.1, 0.15) is 0 Å². The SMILES string of the molecule is C=C(C)NC1=C/C(=N/C(=C/C=C/N(C)CC)C(=C)C)C(C)=C(CC)C(=C)C1. The molecule has 0 saturated heterocycles. The smallest absolute Gasteiger partial charge is 0.0686 e. The Kier molecular flexibility index (Phi) is 8.80. The van der Waals surface area contributed by atoms with E-state index >= 15 is 0 Å². The third-order valence-corrected chi connectivity index (χ3v) is 4.48. The normalized spacial score (nSPS) is 17.3. The van der Waals surface area contributed by atoms with Gasteiger partial charge in [-0.25, -0.2) is 4.99 Å². The molecular weight excluding hydrogens is 330 g/mol. The molecule has 0 aromatic heterocycles. The van der Waals surface area contributed by atoms with Crippen LogP contribution < -0.4 is 5.32 Å². The Bertz CT molecular complexity index is 754. The number of allylic oxidation sites excluding steroid dienone is 8. The molecule has 0 aliphatic heterocycles. The van der Waals surface area contributed by atoms with Gasteiger partial charge in [-0.15, -0.1) is 0 Å². The minimum atomic E-state index is 0.777. The minimum Gasteiger partial charge on any atom is -0.381 e. The van der Waals surface area contributed by atoms with Crippen LogP contribution in [0.5, 0.6) is 0 Å². The number of nitrogens with one attached hydrogen (secondary N) is 1. The number of rotatable bonds is 8. The molecule has 0 radical (unpaired) electrons. The molecule has 1 aliphatic carbocycles. The average molecular weight is 366 g/mol. The zero-order valence-electron chi connectivity index (χ0n) is 17.9. The van der Waals surface area contributed by atoms with E-state index in [2.05, 4.69) is 56.8 Å². The topological polar surface area (TPSA) is 27.6 Å². The van der Waals surface area contributed by atoms with Crippen molar-refractivity contribution in [2.75, 3.05) is 13.6 Å². The molecule has 3 heteroatoms. The zero-order valence-corrected chi connectivity index (χ0v) is 17.9. The summed E-state index contributed by atoms with van der Waals surface area (Å²) >= 11 is 0. The van der Waals surface area contributed by atoms with Crippen molar-refractivity contribution in [1.82, 2.24) is 10.2 Å². The van der Waals surface area contributed by atoms with Crippen LogP contribution in [0.2, 0.25) is 0 Å². The molecule has 0 aromatic carbocycles. The van der Waals surface area contributed by atoms with E-state index in [1.165, 1.54) is 11.1 Å². The Hall–Kier alpha value is -2.55. The molecule has 3 nitrogen and oxygen atoms in total. The summed E-state index contributed by atoms with van der Waals surface area (Å²) in [5.41, 5.74) is 8.30. The molecular formula is C24H35N3. The molecule has 27 heavy (non-hydrogen) atoms. The maximum Gasteiger partial charge on any atom is 0.0686 e. The lowest BCUT2D eigenvalue weighted by atomic mass is 9.97. The van der Waals surface area contributed by atoms with Gasteiger partial charge < -0.3 is 10.2 Å². The van der Waals surface area contributed by atoms with Gasteiger partial charge in [0.15, 0.2) is 0 Å². The summed E-state index contributed by atoms with van der Waals surface area (Å²) in [5, 5.41) is 3.35. The van der Waals surface area contributed by atoms with Gasteiger partial charge in [-0.3, -0.25) is 0 Å². The van der Waals surface area contributed by atoms with Crippen LogP contribution in [-0.2, 0) is 0 Å². The molecule has 0 fully saturated rings.